The number of fused-ring (bicyclic) bond motifs is 10. The molecule has 0 saturated heterocycles. The number of aromatic nitrogens is 2. The lowest BCUT2D eigenvalue weighted by atomic mass is 9.89. The van der Waals surface area contributed by atoms with Gasteiger partial charge in [0.2, 0.25) is 0 Å². The minimum absolute atomic E-state index is 0.738. The van der Waals surface area contributed by atoms with Crippen molar-refractivity contribution in [2.45, 2.75) is 0 Å². The van der Waals surface area contributed by atoms with E-state index in [9.17, 15) is 0 Å². The summed E-state index contributed by atoms with van der Waals surface area (Å²) in [5, 5.41) is 6.39. The highest BCUT2D eigenvalue weighted by molar-refractivity contribution is 7.80. The first-order valence-electron chi connectivity index (χ1n) is 11.1. The second kappa shape index (κ2) is 7.33. The summed E-state index contributed by atoms with van der Waals surface area (Å²) in [7, 11) is -0.738. The van der Waals surface area contributed by atoms with E-state index in [-0.39, 0.29) is 0 Å². The van der Waals surface area contributed by atoms with Crippen LogP contribution in [0.25, 0.3) is 44.1 Å². The molecule has 0 amide bonds. The molecule has 2 aromatic heterocycles. The standard InChI is InChI=1S/C30H19N2P/c1-2-10-20(11-3-1)33-25-16-6-4-12-23(25)27-28(24-13-5-7-17-26(24)33)30-22(15-9-19-32-30)21-14-8-18-31-29(21)27/h1-19H. The number of nitrogens with zero attached hydrogens (tertiary/aromatic N) is 2. The molecular weight excluding hydrogens is 419 g/mol. The van der Waals surface area contributed by atoms with Crippen molar-refractivity contribution in [3.8, 4) is 22.3 Å². The summed E-state index contributed by atoms with van der Waals surface area (Å²) in [6.07, 6.45) is 3.81. The smallest absolute Gasteiger partial charge is 0.0794 e. The normalized spacial score (nSPS) is 12.7. The molecule has 2 nitrogen and oxygen atoms in total. The molecule has 33 heavy (non-hydrogen) atoms. The first kappa shape index (κ1) is 18.7. The lowest BCUT2D eigenvalue weighted by Crippen LogP contribution is -2.21. The van der Waals surface area contributed by atoms with E-state index in [1.165, 1.54) is 38.2 Å². The highest BCUT2D eigenvalue weighted by atomic mass is 31.1. The van der Waals surface area contributed by atoms with Crippen molar-refractivity contribution in [3.05, 3.63) is 116 Å². The van der Waals surface area contributed by atoms with Crippen LogP contribution in [0.3, 0.4) is 0 Å². The Hall–Kier alpha value is -3.87. The molecule has 4 aromatic carbocycles. The Balaban J connectivity index is 1.76. The van der Waals surface area contributed by atoms with Gasteiger partial charge in [0.1, 0.15) is 0 Å². The van der Waals surface area contributed by atoms with E-state index >= 15 is 0 Å². The Morgan fingerprint density at radius 2 is 0.939 bits per heavy atom. The summed E-state index contributed by atoms with van der Waals surface area (Å²) in [6.45, 7) is 0. The quantitative estimate of drug-likeness (QED) is 0.226. The van der Waals surface area contributed by atoms with Crippen molar-refractivity contribution >= 4 is 45.6 Å². The van der Waals surface area contributed by atoms with Crippen LogP contribution in [0.15, 0.2) is 116 Å². The molecule has 0 atom stereocenters. The predicted octanol–water partition coefficient (Wildman–Crippen LogP) is 6.19. The average molecular weight is 438 g/mol. The van der Waals surface area contributed by atoms with Gasteiger partial charge in [-0.3, -0.25) is 9.97 Å². The maximum Gasteiger partial charge on any atom is 0.0794 e. The molecule has 3 heteroatoms. The van der Waals surface area contributed by atoms with Gasteiger partial charge >= 0.3 is 0 Å². The third kappa shape index (κ3) is 2.71. The number of benzene rings is 4. The molecule has 0 N–H and O–H groups in total. The van der Waals surface area contributed by atoms with E-state index in [1.54, 1.807) is 0 Å². The molecule has 1 aliphatic heterocycles. The molecule has 0 spiro atoms. The molecule has 3 heterocycles. The topological polar surface area (TPSA) is 25.8 Å². The van der Waals surface area contributed by atoms with Crippen LogP contribution in [0.5, 0.6) is 0 Å². The van der Waals surface area contributed by atoms with Crippen molar-refractivity contribution in [2.75, 3.05) is 0 Å². The largest absolute Gasteiger partial charge is 0.256 e. The molecule has 0 radical (unpaired) electrons. The first-order valence-corrected chi connectivity index (χ1v) is 12.5. The maximum atomic E-state index is 4.94. The fourth-order valence-corrected chi connectivity index (χ4v) is 7.76. The highest BCUT2D eigenvalue weighted by Gasteiger charge is 2.31. The molecule has 0 fully saturated rings. The van der Waals surface area contributed by atoms with E-state index in [0.717, 1.165) is 21.8 Å². The minimum atomic E-state index is -0.738. The van der Waals surface area contributed by atoms with Crippen LogP contribution in [-0.2, 0) is 0 Å². The van der Waals surface area contributed by atoms with Crippen LogP contribution in [0.1, 0.15) is 0 Å². The van der Waals surface area contributed by atoms with E-state index in [4.69, 9.17) is 9.97 Å². The van der Waals surface area contributed by atoms with Crippen LogP contribution in [0, 0.1) is 0 Å². The Kier molecular flexibility index (Phi) is 4.15. The number of pyridine rings is 2. The molecule has 7 rings (SSSR count). The van der Waals surface area contributed by atoms with Gasteiger partial charge in [-0.1, -0.05) is 91.0 Å². The van der Waals surface area contributed by atoms with Crippen molar-refractivity contribution in [1.82, 2.24) is 9.97 Å². The van der Waals surface area contributed by atoms with E-state index in [0.29, 0.717) is 0 Å². The van der Waals surface area contributed by atoms with Gasteiger partial charge < -0.3 is 0 Å². The number of hydrogen-bond acceptors (Lipinski definition) is 2. The number of hydrogen-bond donors (Lipinski definition) is 0. The fraction of sp³-hybridized carbons (Fsp3) is 0. The van der Waals surface area contributed by atoms with Gasteiger partial charge in [-0.2, -0.15) is 0 Å². The van der Waals surface area contributed by atoms with Gasteiger partial charge in [0, 0.05) is 34.3 Å². The Morgan fingerprint density at radius 1 is 0.455 bits per heavy atom. The third-order valence-electron chi connectivity index (χ3n) is 6.47. The highest BCUT2D eigenvalue weighted by Crippen LogP contribution is 2.50. The van der Waals surface area contributed by atoms with Crippen molar-refractivity contribution < 1.29 is 0 Å². The van der Waals surface area contributed by atoms with Crippen molar-refractivity contribution in [3.63, 3.8) is 0 Å². The summed E-state index contributed by atoms with van der Waals surface area (Å²) in [5.41, 5.74) is 6.99. The third-order valence-corrected chi connectivity index (χ3v) is 9.03. The van der Waals surface area contributed by atoms with Crippen molar-refractivity contribution in [1.29, 1.82) is 0 Å². The zero-order chi connectivity index (χ0) is 21.8. The Morgan fingerprint density at radius 3 is 1.48 bits per heavy atom. The summed E-state index contributed by atoms with van der Waals surface area (Å²) in [5.74, 6) is 0. The van der Waals surface area contributed by atoms with Crippen LogP contribution in [0.2, 0.25) is 0 Å². The zero-order valence-corrected chi connectivity index (χ0v) is 18.7. The average Bonchev–Trinajstić information content (AvgIpc) is 3.02. The maximum absolute atomic E-state index is 4.94. The molecule has 0 bridgehead atoms. The van der Waals surface area contributed by atoms with E-state index in [2.05, 4.69) is 91.0 Å². The zero-order valence-electron chi connectivity index (χ0n) is 17.8. The van der Waals surface area contributed by atoms with Crippen LogP contribution < -0.4 is 15.9 Å². The van der Waals surface area contributed by atoms with Crippen LogP contribution in [-0.4, -0.2) is 9.97 Å². The van der Waals surface area contributed by atoms with E-state index in [1.807, 2.05) is 24.5 Å². The molecule has 0 aliphatic carbocycles. The molecule has 1 aliphatic rings. The summed E-state index contributed by atoms with van der Waals surface area (Å²) < 4.78 is 0. The Bertz CT molecular complexity index is 1570. The summed E-state index contributed by atoms with van der Waals surface area (Å²) >= 11 is 0. The molecule has 6 aromatic rings. The van der Waals surface area contributed by atoms with Gasteiger partial charge in [0.05, 0.1) is 11.0 Å². The predicted molar refractivity (Wildman–Crippen MR) is 140 cm³/mol. The summed E-state index contributed by atoms with van der Waals surface area (Å²) in [4.78, 5) is 9.87. The van der Waals surface area contributed by atoms with Gasteiger partial charge in [-0.25, -0.2) is 0 Å². The molecule has 154 valence electrons. The van der Waals surface area contributed by atoms with Gasteiger partial charge in [0.25, 0.3) is 0 Å². The second-order valence-corrected chi connectivity index (χ2v) is 10.4. The lowest BCUT2D eigenvalue weighted by Gasteiger charge is -2.21. The van der Waals surface area contributed by atoms with Gasteiger partial charge in [0.15, 0.2) is 0 Å². The first-order chi connectivity index (χ1) is 16.4. The van der Waals surface area contributed by atoms with Crippen LogP contribution in [0.4, 0.5) is 0 Å². The SMILES string of the molecule is c1ccc(P2c3ccccc3-c3c(c4ncccc4c4cccnc34)-c3ccccc32)cc1. The minimum Gasteiger partial charge on any atom is -0.256 e. The number of rotatable bonds is 1. The monoisotopic (exact) mass is 438 g/mol. The Labute approximate surface area is 193 Å². The fourth-order valence-electron chi connectivity index (χ4n) is 5.15. The summed E-state index contributed by atoms with van der Waals surface area (Å²) in [6, 6.07) is 37.1. The lowest BCUT2D eigenvalue weighted by molar-refractivity contribution is 1.39. The van der Waals surface area contributed by atoms with Gasteiger partial charge in [-0.15, -0.1) is 0 Å². The molecular formula is C30H19N2P. The van der Waals surface area contributed by atoms with Gasteiger partial charge in [-0.05, 0) is 47.1 Å². The van der Waals surface area contributed by atoms with Crippen LogP contribution >= 0.6 is 7.92 Å². The second-order valence-electron chi connectivity index (χ2n) is 8.25. The molecule has 0 saturated carbocycles. The van der Waals surface area contributed by atoms with E-state index < -0.39 is 7.92 Å². The van der Waals surface area contributed by atoms with Crippen molar-refractivity contribution in [2.24, 2.45) is 0 Å². The molecule has 0 unspecified atom stereocenters.